The molecule has 0 atom stereocenters. The molecule has 0 radical (unpaired) electrons. The van der Waals surface area contributed by atoms with E-state index in [1.54, 1.807) is 0 Å². The minimum absolute atomic E-state index is 0.987. The van der Waals surface area contributed by atoms with Gasteiger partial charge in [-0.15, -0.1) is 0 Å². The molecular formula is C16H20N2O. The molecule has 1 heterocycles. The quantitative estimate of drug-likeness (QED) is 0.478. The normalized spacial score (nSPS) is 11.7. The van der Waals surface area contributed by atoms with Crippen molar-refractivity contribution in [1.29, 1.82) is 0 Å². The van der Waals surface area contributed by atoms with E-state index >= 15 is 0 Å². The molecule has 0 saturated heterocycles. The van der Waals surface area contributed by atoms with Gasteiger partial charge in [-0.3, -0.25) is 4.98 Å². The van der Waals surface area contributed by atoms with Crippen LogP contribution in [0.15, 0.2) is 5.16 Å². The van der Waals surface area contributed by atoms with E-state index in [0.29, 0.717) is 0 Å². The number of rotatable bonds is 1. The number of nitrogens with zero attached hydrogens (tertiary/aromatic N) is 2. The maximum absolute atomic E-state index is 8.85. The van der Waals surface area contributed by atoms with Gasteiger partial charge in [0.1, 0.15) is 0 Å². The Hall–Kier alpha value is -1.90. The Bertz CT molecular complexity index is 700. The van der Waals surface area contributed by atoms with Crippen LogP contribution in [0.2, 0.25) is 0 Å². The maximum Gasteiger partial charge on any atom is 0.0742 e. The van der Waals surface area contributed by atoms with Crippen LogP contribution in [0.3, 0.4) is 0 Å². The first-order valence-corrected chi connectivity index (χ1v) is 6.44. The third-order valence-corrected chi connectivity index (χ3v) is 4.28. The first-order valence-electron chi connectivity index (χ1n) is 6.44. The number of benzene rings is 1. The fourth-order valence-electron chi connectivity index (χ4n) is 2.72. The fourth-order valence-corrected chi connectivity index (χ4v) is 2.72. The van der Waals surface area contributed by atoms with Gasteiger partial charge in [0.05, 0.1) is 11.7 Å². The summed E-state index contributed by atoms with van der Waals surface area (Å²) in [5, 5.41) is 13.2. The van der Waals surface area contributed by atoms with Crippen LogP contribution in [0.5, 0.6) is 0 Å². The van der Waals surface area contributed by atoms with Gasteiger partial charge in [-0.05, 0) is 69.4 Å². The molecule has 1 N–H and O–H groups in total. The van der Waals surface area contributed by atoms with E-state index in [0.717, 1.165) is 33.5 Å². The van der Waals surface area contributed by atoms with E-state index in [9.17, 15) is 0 Å². The summed E-state index contributed by atoms with van der Waals surface area (Å²) in [5.41, 5.74) is 9.02. The third kappa shape index (κ3) is 1.89. The van der Waals surface area contributed by atoms with Gasteiger partial charge in [0.2, 0.25) is 0 Å². The standard InChI is InChI=1S/C16H20N2O/c1-8-10(3)15-12(5)14(7-17-19)9(2)11(4)16(15)18-13(8)6/h7,19H,1-6H3. The predicted octanol–water partition coefficient (Wildman–Crippen LogP) is 3.89. The molecule has 100 valence electrons. The molecule has 0 aliphatic carbocycles. The number of aromatic nitrogens is 1. The second-order valence-corrected chi connectivity index (χ2v) is 5.20. The minimum atomic E-state index is 0.987. The molecule has 1 aromatic carbocycles. The average molecular weight is 256 g/mol. The maximum atomic E-state index is 8.85. The zero-order chi connectivity index (χ0) is 14.3. The SMILES string of the molecule is Cc1nc2c(C)c(C)c(C=NO)c(C)c2c(C)c1C. The Labute approximate surface area is 114 Å². The lowest BCUT2D eigenvalue weighted by atomic mass is 9.90. The lowest BCUT2D eigenvalue weighted by Gasteiger charge is -2.17. The summed E-state index contributed by atoms with van der Waals surface area (Å²) in [4.78, 5) is 4.75. The van der Waals surface area contributed by atoms with Crippen LogP contribution >= 0.6 is 0 Å². The van der Waals surface area contributed by atoms with Crippen molar-refractivity contribution in [2.75, 3.05) is 0 Å². The average Bonchev–Trinajstić information content (AvgIpc) is 2.38. The van der Waals surface area contributed by atoms with Crippen LogP contribution in [0.4, 0.5) is 0 Å². The van der Waals surface area contributed by atoms with Gasteiger partial charge in [0, 0.05) is 16.6 Å². The predicted molar refractivity (Wildman–Crippen MR) is 79.5 cm³/mol. The van der Waals surface area contributed by atoms with Crippen LogP contribution < -0.4 is 0 Å². The van der Waals surface area contributed by atoms with Crippen molar-refractivity contribution in [3.05, 3.63) is 39.1 Å². The van der Waals surface area contributed by atoms with Gasteiger partial charge in [0.15, 0.2) is 0 Å². The monoisotopic (exact) mass is 256 g/mol. The first-order chi connectivity index (χ1) is 8.90. The Morgan fingerprint density at radius 3 is 2.05 bits per heavy atom. The van der Waals surface area contributed by atoms with Gasteiger partial charge < -0.3 is 5.21 Å². The largest absolute Gasteiger partial charge is 0.411 e. The van der Waals surface area contributed by atoms with Crippen molar-refractivity contribution in [3.63, 3.8) is 0 Å². The number of hydrogen-bond donors (Lipinski definition) is 1. The lowest BCUT2D eigenvalue weighted by Crippen LogP contribution is -2.03. The molecule has 0 saturated carbocycles. The van der Waals surface area contributed by atoms with Crippen LogP contribution in [0.25, 0.3) is 10.9 Å². The van der Waals surface area contributed by atoms with Gasteiger partial charge >= 0.3 is 0 Å². The van der Waals surface area contributed by atoms with E-state index < -0.39 is 0 Å². The molecule has 0 spiro atoms. The van der Waals surface area contributed by atoms with Crippen LogP contribution in [0, 0.1) is 41.5 Å². The minimum Gasteiger partial charge on any atom is -0.411 e. The van der Waals surface area contributed by atoms with Crippen molar-refractivity contribution in [2.45, 2.75) is 41.5 Å². The van der Waals surface area contributed by atoms with Crippen molar-refractivity contribution < 1.29 is 5.21 Å². The van der Waals surface area contributed by atoms with Crippen molar-refractivity contribution >= 4 is 17.1 Å². The summed E-state index contributed by atoms with van der Waals surface area (Å²) in [7, 11) is 0. The lowest BCUT2D eigenvalue weighted by molar-refractivity contribution is 0.322. The van der Waals surface area contributed by atoms with Gasteiger partial charge in [-0.25, -0.2) is 0 Å². The molecule has 1 aromatic heterocycles. The third-order valence-electron chi connectivity index (χ3n) is 4.28. The Morgan fingerprint density at radius 1 is 0.842 bits per heavy atom. The van der Waals surface area contributed by atoms with Crippen molar-refractivity contribution in [2.24, 2.45) is 5.16 Å². The summed E-state index contributed by atoms with van der Waals surface area (Å²) in [6.07, 6.45) is 1.52. The zero-order valence-electron chi connectivity index (χ0n) is 12.4. The molecule has 3 nitrogen and oxygen atoms in total. The number of oxime groups is 1. The molecule has 19 heavy (non-hydrogen) atoms. The van der Waals surface area contributed by atoms with E-state index in [-0.39, 0.29) is 0 Å². The van der Waals surface area contributed by atoms with Crippen LogP contribution in [0.1, 0.15) is 39.1 Å². The smallest absolute Gasteiger partial charge is 0.0742 e. The molecule has 3 heteroatoms. The molecule has 0 aliphatic rings. The van der Waals surface area contributed by atoms with E-state index in [2.05, 4.69) is 39.8 Å². The molecule has 0 amide bonds. The number of hydrogen-bond acceptors (Lipinski definition) is 3. The summed E-state index contributed by atoms with van der Waals surface area (Å²) < 4.78 is 0. The number of fused-ring (bicyclic) bond motifs is 1. The second kappa shape index (κ2) is 4.65. The Morgan fingerprint density at radius 2 is 1.47 bits per heavy atom. The Kier molecular flexibility index (Phi) is 3.31. The molecule has 2 aromatic rings. The van der Waals surface area contributed by atoms with Crippen molar-refractivity contribution in [3.8, 4) is 0 Å². The summed E-state index contributed by atoms with van der Waals surface area (Å²) in [5.74, 6) is 0. The van der Waals surface area contributed by atoms with E-state index in [4.69, 9.17) is 10.2 Å². The highest BCUT2D eigenvalue weighted by Gasteiger charge is 2.15. The first kappa shape index (κ1) is 13.5. The highest BCUT2D eigenvalue weighted by Crippen LogP contribution is 2.31. The summed E-state index contributed by atoms with van der Waals surface area (Å²) in [6, 6.07) is 0. The molecule has 0 fully saturated rings. The van der Waals surface area contributed by atoms with Crippen LogP contribution in [-0.4, -0.2) is 16.4 Å². The van der Waals surface area contributed by atoms with Gasteiger partial charge in [-0.1, -0.05) is 5.16 Å². The van der Waals surface area contributed by atoms with E-state index in [1.807, 2.05) is 6.92 Å². The zero-order valence-corrected chi connectivity index (χ0v) is 12.4. The fraction of sp³-hybridized carbons (Fsp3) is 0.375. The summed E-state index contributed by atoms with van der Waals surface area (Å²) in [6.45, 7) is 12.5. The molecule has 2 rings (SSSR count). The van der Waals surface area contributed by atoms with Gasteiger partial charge in [0.25, 0.3) is 0 Å². The highest BCUT2D eigenvalue weighted by molar-refractivity contribution is 5.98. The number of pyridine rings is 1. The topological polar surface area (TPSA) is 45.5 Å². The van der Waals surface area contributed by atoms with Crippen LogP contribution in [-0.2, 0) is 0 Å². The second-order valence-electron chi connectivity index (χ2n) is 5.20. The molecule has 0 aliphatic heterocycles. The highest BCUT2D eigenvalue weighted by atomic mass is 16.4. The number of aryl methyl sites for hydroxylation is 4. The molecular weight excluding hydrogens is 236 g/mol. The van der Waals surface area contributed by atoms with E-state index in [1.165, 1.54) is 22.7 Å². The van der Waals surface area contributed by atoms with Gasteiger partial charge in [-0.2, -0.15) is 0 Å². The molecule has 0 unspecified atom stereocenters. The summed E-state index contributed by atoms with van der Waals surface area (Å²) >= 11 is 0. The van der Waals surface area contributed by atoms with Crippen molar-refractivity contribution in [1.82, 2.24) is 4.98 Å². The Balaban J connectivity index is 3.08. The molecule has 0 bridgehead atoms.